The van der Waals surface area contributed by atoms with Gasteiger partial charge < -0.3 is 23.4 Å². The van der Waals surface area contributed by atoms with Crippen molar-refractivity contribution in [3.63, 3.8) is 0 Å². The molecule has 0 saturated carbocycles. The van der Waals surface area contributed by atoms with Gasteiger partial charge in [-0.15, -0.1) is 11.3 Å². The second kappa shape index (κ2) is 9.00. The number of aromatic nitrogens is 1. The number of hydrogen-bond acceptors (Lipinski definition) is 5. The van der Waals surface area contributed by atoms with Crippen LogP contribution in [0.4, 0.5) is 0 Å². The number of aryl methyl sites for hydroxylation is 1. The average molecular weight is 485 g/mol. The number of hydrogen-bond donors (Lipinski definition) is 0. The lowest BCUT2D eigenvalue weighted by Crippen LogP contribution is -2.31. The fourth-order valence-electron chi connectivity index (χ4n) is 4.47. The summed E-state index contributed by atoms with van der Waals surface area (Å²) in [5.41, 5.74) is 3.85. The van der Waals surface area contributed by atoms with Crippen molar-refractivity contribution in [2.24, 2.45) is 0 Å². The van der Waals surface area contributed by atoms with Gasteiger partial charge in [-0.05, 0) is 59.8 Å². The zero-order valence-corrected chi connectivity index (χ0v) is 20.1. The quantitative estimate of drug-likeness (QED) is 0.275. The van der Waals surface area contributed by atoms with Crippen LogP contribution >= 0.6 is 11.3 Å². The van der Waals surface area contributed by atoms with Crippen LogP contribution in [0.15, 0.2) is 82.6 Å². The molecule has 0 bridgehead atoms. The molecule has 35 heavy (non-hydrogen) atoms. The molecule has 0 N–H and O–H groups in total. The largest absolute Gasteiger partial charge is 0.464 e. The maximum absolute atomic E-state index is 14.1. The summed E-state index contributed by atoms with van der Waals surface area (Å²) < 4.78 is 20.1. The molecule has 6 rings (SSSR count). The second-order valence-electron chi connectivity index (χ2n) is 8.63. The van der Waals surface area contributed by atoms with Crippen LogP contribution in [-0.2, 0) is 19.6 Å². The highest BCUT2D eigenvalue weighted by molar-refractivity contribution is 7.17. The van der Waals surface area contributed by atoms with Gasteiger partial charge in [0.25, 0.3) is 5.91 Å². The van der Waals surface area contributed by atoms with E-state index in [1.54, 1.807) is 11.3 Å². The summed E-state index contributed by atoms with van der Waals surface area (Å²) in [4.78, 5) is 15.9. The van der Waals surface area contributed by atoms with Gasteiger partial charge in [-0.25, -0.2) is 0 Å². The molecule has 1 aliphatic rings. The molecule has 176 valence electrons. The Kier molecular flexibility index (Phi) is 5.54. The molecule has 0 radical (unpaired) electrons. The smallest absolute Gasteiger partial charge is 0.271 e. The highest BCUT2D eigenvalue weighted by atomic mass is 32.1. The lowest BCUT2D eigenvalue weighted by molar-refractivity contribution is 0.0707. The molecule has 7 heteroatoms. The Labute approximate surface area is 206 Å². The number of furan rings is 1. The van der Waals surface area contributed by atoms with Gasteiger partial charge in [0, 0.05) is 13.1 Å². The number of rotatable bonds is 7. The molecule has 5 aromatic rings. The first kappa shape index (κ1) is 21.6. The van der Waals surface area contributed by atoms with Crippen LogP contribution in [0.1, 0.15) is 33.1 Å². The Morgan fingerprint density at radius 3 is 2.63 bits per heavy atom. The maximum atomic E-state index is 14.1. The molecule has 1 aliphatic heterocycles. The Morgan fingerprint density at radius 2 is 1.80 bits per heavy atom. The fraction of sp³-hybridized carbons (Fsp3) is 0.179. The molecule has 0 fully saturated rings. The van der Waals surface area contributed by atoms with Gasteiger partial charge in [0.1, 0.15) is 17.2 Å². The molecule has 4 heterocycles. The summed E-state index contributed by atoms with van der Waals surface area (Å²) in [5.74, 6) is 2.96. The lowest BCUT2D eigenvalue weighted by atomic mass is 10.1. The van der Waals surface area contributed by atoms with Crippen LogP contribution in [0.2, 0.25) is 0 Å². The van der Waals surface area contributed by atoms with Crippen LogP contribution in [0.5, 0.6) is 11.5 Å². The SMILES string of the molecule is Cc1ccc(CN(Cc2ccc3c(c2)OCO3)C(=O)c2cc3sccc3n2Cc2ccccc2)o1. The van der Waals surface area contributed by atoms with E-state index in [-0.39, 0.29) is 12.7 Å². The molecule has 0 spiro atoms. The molecule has 3 aromatic heterocycles. The molecule has 0 atom stereocenters. The van der Waals surface area contributed by atoms with Gasteiger partial charge in [0.05, 0.1) is 16.8 Å². The number of thiophene rings is 1. The first-order chi connectivity index (χ1) is 17.1. The van der Waals surface area contributed by atoms with Crippen LogP contribution in [-0.4, -0.2) is 22.2 Å². The van der Waals surface area contributed by atoms with E-state index in [9.17, 15) is 4.79 Å². The van der Waals surface area contributed by atoms with Crippen molar-refractivity contribution >= 4 is 27.5 Å². The van der Waals surface area contributed by atoms with Crippen molar-refractivity contribution in [1.29, 1.82) is 0 Å². The van der Waals surface area contributed by atoms with Crippen LogP contribution in [0.25, 0.3) is 10.2 Å². The van der Waals surface area contributed by atoms with E-state index in [0.29, 0.717) is 31.1 Å². The summed E-state index contributed by atoms with van der Waals surface area (Å²) in [6.07, 6.45) is 0. The standard InChI is InChI=1S/C28H24N2O4S/c1-19-7-9-22(34-19)17-29(15-21-8-10-25-26(13-21)33-18-32-25)28(31)24-14-27-23(11-12-35-27)30(24)16-20-5-3-2-4-6-20/h2-14H,15-18H2,1H3. The maximum Gasteiger partial charge on any atom is 0.271 e. The average Bonchev–Trinajstić information content (AvgIpc) is 3.65. The summed E-state index contributed by atoms with van der Waals surface area (Å²) in [6, 6.07) is 24.0. The van der Waals surface area contributed by atoms with E-state index in [2.05, 4.69) is 28.1 Å². The van der Waals surface area contributed by atoms with Crippen molar-refractivity contribution < 1.29 is 18.7 Å². The van der Waals surface area contributed by atoms with Crippen molar-refractivity contribution in [1.82, 2.24) is 9.47 Å². The molecule has 0 unspecified atom stereocenters. The third-order valence-corrected chi connectivity index (χ3v) is 7.02. The monoisotopic (exact) mass is 484 g/mol. The molecule has 0 saturated heterocycles. The molecule has 6 nitrogen and oxygen atoms in total. The fourth-order valence-corrected chi connectivity index (χ4v) is 5.29. The summed E-state index contributed by atoms with van der Waals surface area (Å²) in [5, 5.41) is 2.07. The number of carbonyl (C=O) groups is 1. The predicted molar refractivity (Wildman–Crippen MR) is 135 cm³/mol. The number of benzene rings is 2. The summed E-state index contributed by atoms with van der Waals surface area (Å²) in [7, 11) is 0. The third-order valence-electron chi connectivity index (χ3n) is 6.17. The van der Waals surface area contributed by atoms with Crippen molar-refractivity contribution in [3.05, 3.63) is 107 Å². The molecular weight excluding hydrogens is 460 g/mol. The zero-order chi connectivity index (χ0) is 23.8. The predicted octanol–water partition coefficient (Wildman–Crippen LogP) is 6.22. The van der Waals surface area contributed by atoms with Gasteiger partial charge in [-0.3, -0.25) is 4.79 Å². The van der Waals surface area contributed by atoms with Gasteiger partial charge in [-0.2, -0.15) is 0 Å². The minimum absolute atomic E-state index is 0.0453. The highest BCUT2D eigenvalue weighted by Crippen LogP contribution is 2.33. The number of fused-ring (bicyclic) bond motifs is 2. The minimum Gasteiger partial charge on any atom is -0.464 e. The minimum atomic E-state index is -0.0453. The Bertz CT molecular complexity index is 1500. The van der Waals surface area contributed by atoms with E-state index >= 15 is 0 Å². The number of nitrogens with zero attached hydrogens (tertiary/aromatic N) is 2. The summed E-state index contributed by atoms with van der Waals surface area (Å²) in [6.45, 7) is 3.54. The normalized spacial score (nSPS) is 12.4. The third kappa shape index (κ3) is 4.31. The van der Waals surface area contributed by atoms with Crippen molar-refractivity contribution in [2.75, 3.05) is 6.79 Å². The van der Waals surface area contributed by atoms with Crippen LogP contribution < -0.4 is 9.47 Å². The molecule has 1 amide bonds. The first-order valence-electron chi connectivity index (χ1n) is 11.5. The number of amides is 1. The van der Waals surface area contributed by atoms with Gasteiger partial charge in [0.2, 0.25) is 6.79 Å². The zero-order valence-electron chi connectivity index (χ0n) is 19.3. The first-order valence-corrected chi connectivity index (χ1v) is 12.4. The van der Waals surface area contributed by atoms with Crippen LogP contribution in [0.3, 0.4) is 0 Å². The van der Waals surface area contributed by atoms with E-state index < -0.39 is 0 Å². The van der Waals surface area contributed by atoms with Crippen LogP contribution in [0, 0.1) is 6.92 Å². The molecule has 0 aliphatic carbocycles. The van der Waals surface area contributed by atoms with Gasteiger partial charge in [-0.1, -0.05) is 36.4 Å². The van der Waals surface area contributed by atoms with E-state index in [4.69, 9.17) is 13.9 Å². The second-order valence-corrected chi connectivity index (χ2v) is 9.58. The lowest BCUT2D eigenvalue weighted by Gasteiger charge is -2.23. The molecular formula is C28H24N2O4S. The Hall–Kier alpha value is -3.97. The molecule has 2 aromatic carbocycles. The van der Waals surface area contributed by atoms with E-state index in [1.165, 1.54) is 0 Å². The Morgan fingerprint density at radius 1 is 0.943 bits per heavy atom. The topological polar surface area (TPSA) is 56.8 Å². The summed E-state index contributed by atoms with van der Waals surface area (Å²) >= 11 is 1.65. The number of ether oxygens (including phenoxy) is 2. The highest BCUT2D eigenvalue weighted by Gasteiger charge is 2.24. The Balaban J connectivity index is 1.37. The number of carbonyl (C=O) groups excluding carboxylic acids is 1. The van der Waals surface area contributed by atoms with Gasteiger partial charge >= 0.3 is 0 Å². The van der Waals surface area contributed by atoms with Crippen molar-refractivity contribution in [2.45, 2.75) is 26.6 Å². The van der Waals surface area contributed by atoms with E-state index in [0.717, 1.165) is 38.6 Å². The van der Waals surface area contributed by atoms with Gasteiger partial charge in [0.15, 0.2) is 11.5 Å². The van der Waals surface area contributed by atoms with Crippen molar-refractivity contribution in [3.8, 4) is 11.5 Å². The van der Waals surface area contributed by atoms with E-state index in [1.807, 2.05) is 66.4 Å².